The second-order valence-electron chi connectivity index (χ2n) is 6.44. The molecule has 0 unspecified atom stereocenters. The molecule has 2 heterocycles. The zero-order chi connectivity index (χ0) is 20.1. The Morgan fingerprint density at radius 3 is 2.76 bits per heavy atom. The first-order valence-electron chi connectivity index (χ1n) is 9.20. The van der Waals surface area contributed by atoms with Crippen molar-refractivity contribution < 1.29 is 14.3 Å². The van der Waals surface area contributed by atoms with E-state index in [2.05, 4.69) is 20.1 Å². The van der Waals surface area contributed by atoms with Crippen LogP contribution in [0.25, 0.3) is 16.6 Å². The Morgan fingerprint density at radius 1 is 1.07 bits per heavy atom. The van der Waals surface area contributed by atoms with Crippen LogP contribution in [-0.2, 0) is 11.3 Å². The van der Waals surface area contributed by atoms with Gasteiger partial charge in [0.05, 0.1) is 12.8 Å². The summed E-state index contributed by atoms with van der Waals surface area (Å²) in [5.74, 6) is 1.27. The molecule has 4 aromatic rings. The molecule has 2 aromatic heterocycles. The van der Waals surface area contributed by atoms with E-state index in [9.17, 15) is 4.79 Å². The number of methoxy groups -OCH3 is 1. The minimum absolute atomic E-state index is 0.0464. The predicted molar refractivity (Wildman–Crippen MR) is 108 cm³/mol. The van der Waals surface area contributed by atoms with Crippen LogP contribution in [0.2, 0.25) is 0 Å². The van der Waals surface area contributed by atoms with E-state index >= 15 is 0 Å². The SMILES string of the molecule is COc1ccc2c(ccn2CCNC(=O)COc2cccc(-n3cnnc3)c2)c1. The highest BCUT2D eigenvalue weighted by atomic mass is 16.5. The summed E-state index contributed by atoms with van der Waals surface area (Å²) in [5.41, 5.74) is 1.96. The van der Waals surface area contributed by atoms with Gasteiger partial charge in [0.15, 0.2) is 6.61 Å². The largest absolute Gasteiger partial charge is 0.497 e. The van der Waals surface area contributed by atoms with Gasteiger partial charge in [-0.25, -0.2) is 0 Å². The first-order chi connectivity index (χ1) is 14.2. The van der Waals surface area contributed by atoms with Gasteiger partial charge in [0, 0.05) is 36.3 Å². The lowest BCUT2D eigenvalue weighted by atomic mass is 10.2. The van der Waals surface area contributed by atoms with Crippen molar-refractivity contribution in [3.63, 3.8) is 0 Å². The van der Waals surface area contributed by atoms with E-state index in [1.807, 2.05) is 48.7 Å². The molecule has 8 heteroatoms. The van der Waals surface area contributed by atoms with E-state index in [1.54, 1.807) is 30.4 Å². The molecule has 2 aromatic carbocycles. The Morgan fingerprint density at radius 2 is 1.93 bits per heavy atom. The van der Waals surface area contributed by atoms with Gasteiger partial charge >= 0.3 is 0 Å². The molecule has 0 atom stereocenters. The zero-order valence-electron chi connectivity index (χ0n) is 16.0. The molecule has 0 saturated heterocycles. The number of ether oxygens (including phenoxy) is 2. The Labute approximate surface area is 167 Å². The summed E-state index contributed by atoms with van der Waals surface area (Å²) in [6.07, 6.45) is 5.21. The number of hydrogen-bond acceptors (Lipinski definition) is 5. The first-order valence-corrected chi connectivity index (χ1v) is 9.20. The third kappa shape index (κ3) is 4.37. The molecule has 4 rings (SSSR count). The minimum atomic E-state index is -0.169. The highest BCUT2D eigenvalue weighted by Gasteiger charge is 2.06. The lowest BCUT2D eigenvalue weighted by molar-refractivity contribution is -0.123. The molecule has 0 aliphatic carbocycles. The van der Waals surface area contributed by atoms with Gasteiger partial charge < -0.3 is 19.4 Å². The van der Waals surface area contributed by atoms with Gasteiger partial charge in [-0.2, -0.15) is 0 Å². The van der Waals surface area contributed by atoms with Gasteiger partial charge in [-0.1, -0.05) is 6.07 Å². The Kier molecular flexibility index (Phi) is 5.42. The second-order valence-corrected chi connectivity index (χ2v) is 6.44. The molecule has 0 radical (unpaired) electrons. The summed E-state index contributed by atoms with van der Waals surface area (Å²) in [7, 11) is 1.65. The molecule has 148 valence electrons. The minimum Gasteiger partial charge on any atom is -0.497 e. The first kappa shape index (κ1) is 18.5. The number of carbonyl (C=O) groups is 1. The fraction of sp³-hybridized carbons (Fsp3) is 0.190. The van der Waals surface area contributed by atoms with E-state index in [4.69, 9.17) is 9.47 Å². The molecular formula is C21H21N5O3. The van der Waals surface area contributed by atoms with Crippen molar-refractivity contribution in [3.8, 4) is 17.2 Å². The Balaban J connectivity index is 1.27. The molecule has 1 amide bonds. The van der Waals surface area contributed by atoms with Crippen molar-refractivity contribution in [1.82, 2.24) is 24.6 Å². The smallest absolute Gasteiger partial charge is 0.258 e. The maximum Gasteiger partial charge on any atom is 0.258 e. The van der Waals surface area contributed by atoms with Crippen molar-refractivity contribution in [2.45, 2.75) is 6.54 Å². The van der Waals surface area contributed by atoms with Crippen molar-refractivity contribution in [2.75, 3.05) is 20.3 Å². The summed E-state index contributed by atoms with van der Waals surface area (Å²) in [5, 5.41) is 11.6. The number of nitrogens with one attached hydrogen (secondary N) is 1. The summed E-state index contributed by atoms with van der Waals surface area (Å²) < 4.78 is 14.7. The average Bonchev–Trinajstić information content (AvgIpc) is 3.42. The monoisotopic (exact) mass is 391 g/mol. The van der Waals surface area contributed by atoms with Crippen LogP contribution >= 0.6 is 0 Å². The van der Waals surface area contributed by atoms with E-state index in [0.29, 0.717) is 18.8 Å². The normalized spacial score (nSPS) is 10.8. The van der Waals surface area contributed by atoms with Gasteiger partial charge in [0.1, 0.15) is 24.2 Å². The molecule has 29 heavy (non-hydrogen) atoms. The molecule has 0 spiro atoms. The molecule has 0 fully saturated rings. The third-order valence-electron chi connectivity index (χ3n) is 4.56. The average molecular weight is 391 g/mol. The van der Waals surface area contributed by atoms with Crippen LogP contribution < -0.4 is 14.8 Å². The summed E-state index contributed by atoms with van der Waals surface area (Å²) in [4.78, 5) is 12.1. The van der Waals surface area contributed by atoms with Gasteiger partial charge in [-0.15, -0.1) is 10.2 Å². The van der Waals surface area contributed by atoms with E-state index in [-0.39, 0.29) is 12.5 Å². The topological polar surface area (TPSA) is 83.2 Å². The Bertz CT molecular complexity index is 1100. The van der Waals surface area contributed by atoms with Gasteiger partial charge in [-0.3, -0.25) is 9.36 Å². The van der Waals surface area contributed by atoms with Crippen LogP contribution in [0.3, 0.4) is 0 Å². The third-order valence-corrected chi connectivity index (χ3v) is 4.56. The lowest BCUT2D eigenvalue weighted by Gasteiger charge is -2.10. The van der Waals surface area contributed by atoms with Crippen molar-refractivity contribution in [1.29, 1.82) is 0 Å². The van der Waals surface area contributed by atoms with Gasteiger partial charge in [0.2, 0.25) is 0 Å². The summed E-state index contributed by atoms with van der Waals surface area (Å²) >= 11 is 0. The summed E-state index contributed by atoms with van der Waals surface area (Å²) in [6, 6.07) is 15.4. The van der Waals surface area contributed by atoms with Crippen LogP contribution in [-0.4, -0.2) is 45.5 Å². The zero-order valence-corrected chi connectivity index (χ0v) is 16.0. The van der Waals surface area contributed by atoms with Crippen molar-refractivity contribution in [3.05, 3.63) is 67.4 Å². The number of hydrogen-bond donors (Lipinski definition) is 1. The molecule has 0 aliphatic heterocycles. The molecule has 0 saturated carbocycles. The van der Waals surface area contributed by atoms with Crippen molar-refractivity contribution >= 4 is 16.8 Å². The number of benzene rings is 2. The quantitative estimate of drug-likeness (QED) is 0.499. The van der Waals surface area contributed by atoms with Crippen LogP contribution in [0, 0.1) is 0 Å². The number of nitrogens with zero attached hydrogens (tertiary/aromatic N) is 4. The molecule has 0 aliphatic rings. The predicted octanol–water partition coefficient (Wildman–Crippen LogP) is 2.43. The molecular weight excluding hydrogens is 370 g/mol. The molecule has 1 N–H and O–H groups in total. The fourth-order valence-corrected chi connectivity index (χ4v) is 3.08. The number of amides is 1. The number of aromatic nitrogens is 4. The number of carbonyl (C=O) groups excluding carboxylic acids is 1. The Hall–Kier alpha value is -3.81. The summed E-state index contributed by atoms with van der Waals surface area (Å²) in [6.45, 7) is 1.14. The van der Waals surface area contributed by atoms with Crippen molar-refractivity contribution in [2.24, 2.45) is 0 Å². The van der Waals surface area contributed by atoms with E-state index in [1.165, 1.54) is 0 Å². The highest BCUT2D eigenvalue weighted by molar-refractivity contribution is 5.81. The van der Waals surface area contributed by atoms with E-state index in [0.717, 1.165) is 22.3 Å². The maximum absolute atomic E-state index is 12.1. The van der Waals surface area contributed by atoms with Crippen LogP contribution in [0.5, 0.6) is 11.5 Å². The van der Waals surface area contributed by atoms with Crippen LogP contribution in [0.15, 0.2) is 67.4 Å². The maximum atomic E-state index is 12.1. The standard InChI is InChI=1S/C21H21N5O3/c1-28-18-5-6-20-16(11-18)7-9-25(20)10-8-22-21(27)13-29-19-4-2-3-17(12-19)26-14-23-24-15-26/h2-7,9,11-12,14-15H,8,10,13H2,1H3,(H,22,27). The van der Waals surface area contributed by atoms with Gasteiger partial charge in [0.25, 0.3) is 5.91 Å². The lowest BCUT2D eigenvalue weighted by Crippen LogP contribution is -2.31. The molecule has 0 bridgehead atoms. The fourth-order valence-electron chi connectivity index (χ4n) is 3.08. The number of rotatable bonds is 8. The highest BCUT2D eigenvalue weighted by Crippen LogP contribution is 2.21. The molecule has 8 nitrogen and oxygen atoms in total. The number of fused-ring (bicyclic) bond motifs is 1. The van der Waals surface area contributed by atoms with Crippen LogP contribution in [0.4, 0.5) is 0 Å². The van der Waals surface area contributed by atoms with Crippen LogP contribution in [0.1, 0.15) is 0 Å². The van der Waals surface area contributed by atoms with E-state index < -0.39 is 0 Å². The second kappa shape index (κ2) is 8.47. The van der Waals surface area contributed by atoms with Gasteiger partial charge in [-0.05, 0) is 36.4 Å².